The topological polar surface area (TPSA) is 63.2 Å². The fourth-order valence-electron chi connectivity index (χ4n) is 1.78. The fourth-order valence-corrected chi connectivity index (χ4v) is 1.78. The van der Waals surface area contributed by atoms with Crippen LogP contribution < -0.4 is 10.6 Å². The molecule has 1 heterocycles. The van der Waals surface area contributed by atoms with Gasteiger partial charge in [-0.1, -0.05) is 0 Å². The van der Waals surface area contributed by atoms with Crippen LogP contribution in [-0.2, 0) is 4.74 Å². The first kappa shape index (κ1) is 14.7. The van der Waals surface area contributed by atoms with E-state index in [9.17, 15) is 9.18 Å². The standard InChI is InChI=1S/C14H20FN3O2/c1-2-16-13-12(15)11(5-6-17-13)14(19)18-7-8-20-9-10-3-4-10/h5-6,10H,2-4,7-9H2,1H3,(H,16,17)(H,18,19). The third-order valence-corrected chi connectivity index (χ3v) is 3.06. The number of nitrogens with zero attached hydrogens (tertiary/aromatic N) is 1. The molecule has 0 saturated heterocycles. The van der Waals surface area contributed by atoms with Crippen LogP contribution in [0.1, 0.15) is 30.1 Å². The van der Waals surface area contributed by atoms with Gasteiger partial charge in [-0.2, -0.15) is 0 Å². The average molecular weight is 281 g/mol. The van der Waals surface area contributed by atoms with Crippen LogP contribution in [0.5, 0.6) is 0 Å². The molecule has 0 atom stereocenters. The molecule has 2 rings (SSSR count). The molecule has 110 valence electrons. The molecule has 1 aromatic rings. The van der Waals surface area contributed by atoms with Crippen LogP contribution in [-0.4, -0.2) is 37.2 Å². The van der Waals surface area contributed by atoms with E-state index in [1.54, 1.807) is 0 Å². The van der Waals surface area contributed by atoms with Crippen molar-refractivity contribution in [2.24, 2.45) is 5.92 Å². The molecule has 0 aromatic carbocycles. The number of aromatic nitrogens is 1. The summed E-state index contributed by atoms with van der Waals surface area (Å²) >= 11 is 0. The maximum atomic E-state index is 14.0. The van der Waals surface area contributed by atoms with Crippen molar-refractivity contribution in [3.8, 4) is 0 Å². The zero-order chi connectivity index (χ0) is 14.4. The summed E-state index contributed by atoms with van der Waals surface area (Å²) in [5.41, 5.74) is -0.00172. The Labute approximate surface area is 117 Å². The third-order valence-electron chi connectivity index (χ3n) is 3.06. The maximum Gasteiger partial charge on any atom is 0.254 e. The summed E-state index contributed by atoms with van der Waals surface area (Å²) < 4.78 is 19.4. The second-order valence-electron chi connectivity index (χ2n) is 4.83. The first-order valence-electron chi connectivity index (χ1n) is 6.96. The largest absolute Gasteiger partial charge is 0.379 e. The molecule has 0 radical (unpaired) electrons. The second kappa shape index (κ2) is 7.19. The smallest absolute Gasteiger partial charge is 0.254 e. The van der Waals surface area contributed by atoms with Gasteiger partial charge in [-0.25, -0.2) is 9.37 Å². The molecule has 1 aliphatic carbocycles. The van der Waals surface area contributed by atoms with Crippen molar-refractivity contribution >= 4 is 11.7 Å². The van der Waals surface area contributed by atoms with Crippen molar-refractivity contribution in [3.05, 3.63) is 23.6 Å². The van der Waals surface area contributed by atoms with Gasteiger partial charge in [0.05, 0.1) is 12.2 Å². The van der Waals surface area contributed by atoms with Gasteiger partial charge < -0.3 is 15.4 Å². The van der Waals surface area contributed by atoms with Gasteiger partial charge in [0.1, 0.15) is 0 Å². The van der Waals surface area contributed by atoms with Gasteiger partial charge in [0.25, 0.3) is 5.91 Å². The number of carbonyl (C=O) groups is 1. The SMILES string of the molecule is CCNc1nccc(C(=O)NCCOCC2CC2)c1F. The van der Waals surface area contributed by atoms with Crippen molar-refractivity contribution in [1.29, 1.82) is 0 Å². The molecule has 5 nitrogen and oxygen atoms in total. The van der Waals surface area contributed by atoms with Gasteiger partial charge >= 0.3 is 0 Å². The number of nitrogens with one attached hydrogen (secondary N) is 2. The highest BCUT2D eigenvalue weighted by molar-refractivity contribution is 5.95. The number of amides is 1. The summed E-state index contributed by atoms with van der Waals surface area (Å²) in [6.07, 6.45) is 3.89. The number of hydrogen-bond donors (Lipinski definition) is 2. The average Bonchev–Trinajstić information content (AvgIpc) is 3.25. The van der Waals surface area contributed by atoms with Crippen molar-refractivity contribution < 1.29 is 13.9 Å². The Balaban J connectivity index is 1.79. The highest BCUT2D eigenvalue weighted by Crippen LogP contribution is 2.28. The van der Waals surface area contributed by atoms with E-state index in [1.807, 2.05) is 6.92 Å². The summed E-state index contributed by atoms with van der Waals surface area (Å²) in [6, 6.07) is 1.37. The minimum Gasteiger partial charge on any atom is -0.379 e. The van der Waals surface area contributed by atoms with E-state index in [1.165, 1.54) is 25.1 Å². The first-order valence-corrected chi connectivity index (χ1v) is 6.96. The zero-order valence-electron chi connectivity index (χ0n) is 11.6. The Bertz CT molecular complexity index is 464. The van der Waals surface area contributed by atoms with E-state index in [4.69, 9.17) is 4.74 Å². The minimum absolute atomic E-state index is 0.00172. The lowest BCUT2D eigenvalue weighted by Crippen LogP contribution is -2.28. The van der Waals surface area contributed by atoms with Crippen LogP contribution in [0.2, 0.25) is 0 Å². The van der Waals surface area contributed by atoms with E-state index in [2.05, 4.69) is 15.6 Å². The molecule has 0 bridgehead atoms. The second-order valence-corrected chi connectivity index (χ2v) is 4.83. The Morgan fingerprint density at radius 3 is 3.05 bits per heavy atom. The molecular formula is C14H20FN3O2. The molecule has 6 heteroatoms. The van der Waals surface area contributed by atoms with Crippen molar-refractivity contribution in [2.45, 2.75) is 19.8 Å². The van der Waals surface area contributed by atoms with Gasteiger partial charge in [0.15, 0.2) is 11.6 Å². The van der Waals surface area contributed by atoms with E-state index in [-0.39, 0.29) is 11.4 Å². The first-order chi connectivity index (χ1) is 9.72. The van der Waals surface area contributed by atoms with Crippen molar-refractivity contribution in [3.63, 3.8) is 0 Å². The third kappa shape index (κ3) is 4.16. The molecule has 1 aromatic heterocycles. The van der Waals surface area contributed by atoms with Crippen LogP contribution in [0.25, 0.3) is 0 Å². The number of rotatable bonds is 8. The Kier molecular flexibility index (Phi) is 5.29. The fraction of sp³-hybridized carbons (Fsp3) is 0.571. The molecule has 1 saturated carbocycles. The Morgan fingerprint density at radius 2 is 2.35 bits per heavy atom. The molecule has 1 amide bonds. The van der Waals surface area contributed by atoms with E-state index >= 15 is 0 Å². The number of halogens is 1. The lowest BCUT2D eigenvalue weighted by Gasteiger charge is -2.09. The molecule has 0 spiro atoms. The van der Waals surface area contributed by atoms with Crippen molar-refractivity contribution in [1.82, 2.24) is 10.3 Å². The molecule has 2 N–H and O–H groups in total. The summed E-state index contributed by atoms with van der Waals surface area (Å²) in [4.78, 5) is 15.7. The van der Waals surface area contributed by atoms with Gasteiger partial charge in [-0.15, -0.1) is 0 Å². The maximum absolute atomic E-state index is 14.0. The van der Waals surface area contributed by atoms with Crippen LogP contribution in [0.15, 0.2) is 12.3 Å². The predicted molar refractivity (Wildman–Crippen MR) is 74.2 cm³/mol. The van der Waals surface area contributed by atoms with Crippen molar-refractivity contribution in [2.75, 3.05) is 31.6 Å². The Morgan fingerprint density at radius 1 is 1.55 bits per heavy atom. The predicted octanol–water partition coefficient (Wildman–Crippen LogP) is 1.81. The number of anilines is 1. The van der Waals surface area contributed by atoms with Gasteiger partial charge in [-0.05, 0) is 31.7 Å². The molecule has 20 heavy (non-hydrogen) atoms. The molecule has 0 unspecified atom stereocenters. The highest BCUT2D eigenvalue weighted by Gasteiger charge is 2.21. The number of ether oxygens (including phenoxy) is 1. The minimum atomic E-state index is -0.620. The van der Waals surface area contributed by atoms with Crippen LogP contribution in [0.3, 0.4) is 0 Å². The molecule has 0 aliphatic heterocycles. The number of hydrogen-bond acceptors (Lipinski definition) is 4. The summed E-state index contributed by atoms with van der Waals surface area (Å²) in [5.74, 6) is -0.263. The monoisotopic (exact) mass is 281 g/mol. The normalized spacial score (nSPS) is 14.1. The lowest BCUT2D eigenvalue weighted by atomic mass is 10.2. The van der Waals surface area contributed by atoms with Crippen LogP contribution in [0.4, 0.5) is 10.2 Å². The summed E-state index contributed by atoms with van der Waals surface area (Å²) in [7, 11) is 0. The zero-order valence-corrected chi connectivity index (χ0v) is 11.6. The molecule has 1 aliphatic rings. The number of pyridine rings is 1. The Hall–Kier alpha value is -1.69. The highest BCUT2D eigenvalue weighted by atomic mass is 19.1. The van der Waals surface area contributed by atoms with Gasteiger partial charge in [0.2, 0.25) is 0 Å². The summed E-state index contributed by atoms with van der Waals surface area (Å²) in [6.45, 7) is 3.97. The van der Waals surface area contributed by atoms with Crippen LogP contribution in [0, 0.1) is 11.7 Å². The van der Waals surface area contributed by atoms with Crippen LogP contribution >= 0.6 is 0 Å². The van der Waals surface area contributed by atoms with E-state index < -0.39 is 11.7 Å². The van der Waals surface area contributed by atoms with Gasteiger partial charge in [-0.3, -0.25) is 4.79 Å². The molecule has 1 fully saturated rings. The number of carbonyl (C=O) groups excluding carboxylic acids is 1. The lowest BCUT2D eigenvalue weighted by molar-refractivity contribution is 0.0902. The quantitative estimate of drug-likeness (QED) is 0.713. The molecular weight excluding hydrogens is 261 g/mol. The van der Waals surface area contributed by atoms with Gasteiger partial charge in [0, 0.05) is 25.9 Å². The van der Waals surface area contributed by atoms with E-state index in [0.29, 0.717) is 25.6 Å². The van der Waals surface area contributed by atoms with E-state index in [0.717, 1.165) is 6.61 Å². The summed E-state index contributed by atoms with van der Waals surface area (Å²) in [5, 5.41) is 5.42.